The van der Waals surface area contributed by atoms with Gasteiger partial charge in [0.15, 0.2) is 0 Å². The highest BCUT2D eigenvalue weighted by atomic mass is 32.2. The van der Waals surface area contributed by atoms with E-state index in [4.69, 9.17) is 4.42 Å². The van der Waals surface area contributed by atoms with Gasteiger partial charge in [-0.15, -0.1) is 10.2 Å². The minimum atomic E-state index is -3.76. The maximum Gasteiger partial charge on any atom is 0.255 e. The molecule has 0 unspecified atom stereocenters. The molecule has 3 heterocycles. The molecule has 0 atom stereocenters. The van der Waals surface area contributed by atoms with E-state index in [1.54, 1.807) is 24.3 Å². The van der Waals surface area contributed by atoms with Crippen molar-refractivity contribution >= 4 is 43.5 Å². The molecule has 218 valence electrons. The normalized spacial score (nSPS) is 11.7. The van der Waals surface area contributed by atoms with Crippen molar-refractivity contribution in [2.75, 3.05) is 24.7 Å². The molecule has 10 nitrogen and oxygen atoms in total. The van der Waals surface area contributed by atoms with Crippen LogP contribution in [0.4, 0.5) is 10.1 Å². The predicted molar refractivity (Wildman–Crippen MR) is 163 cm³/mol. The van der Waals surface area contributed by atoms with E-state index >= 15 is 0 Å². The lowest BCUT2D eigenvalue weighted by Crippen LogP contribution is -2.25. The minimum Gasteiger partial charge on any atom is -0.492 e. The number of hydrogen-bond acceptors (Lipinski definition) is 7. The van der Waals surface area contributed by atoms with Gasteiger partial charge >= 0.3 is 0 Å². The summed E-state index contributed by atoms with van der Waals surface area (Å²) < 4.78 is 47.1. The molecule has 6 rings (SSSR count). The van der Waals surface area contributed by atoms with Crippen LogP contribution in [0.2, 0.25) is 0 Å². The van der Waals surface area contributed by atoms with Gasteiger partial charge in [0.2, 0.25) is 15.9 Å². The van der Waals surface area contributed by atoms with Gasteiger partial charge < -0.3 is 19.8 Å². The first-order chi connectivity index (χ1) is 20.5. The molecular formula is C31H26FN5O5S. The number of benzene rings is 3. The molecule has 0 aliphatic rings. The first-order valence-electron chi connectivity index (χ1n) is 13.1. The Balaban J connectivity index is 1.63. The summed E-state index contributed by atoms with van der Waals surface area (Å²) >= 11 is 0. The molecule has 0 bridgehead atoms. The quantitative estimate of drug-likeness (QED) is 0.226. The Kier molecular flexibility index (Phi) is 6.65. The highest BCUT2D eigenvalue weighted by Crippen LogP contribution is 2.42. The van der Waals surface area contributed by atoms with Crippen LogP contribution in [-0.2, 0) is 10.0 Å². The van der Waals surface area contributed by atoms with E-state index in [1.165, 1.54) is 32.3 Å². The number of anilines is 1. The van der Waals surface area contributed by atoms with E-state index in [-0.39, 0.29) is 28.1 Å². The van der Waals surface area contributed by atoms with Gasteiger partial charge in [0, 0.05) is 47.6 Å². The van der Waals surface area contributed by atoms with Crippen LogP contribution in [0.3, 0.4) is 0 Å². The zero-order valence-electron chi connectivity index (χ0n) is 23.6. The highest BCUT2D eigenvalue weighted by molar-refractivity contribution is 7.92. The summed E-state index contributed by atoms with van der Waals surface area (Å²) in [6.07, 6.45) is 1.06. The van der Waals surface area contributed by atoms with Crippen LogP contribution in [0.1, 0.15) is 15.9 Å². The molecule has 3 aromatic heterocycles. The number of aromatic hydroxyl groups is 1. The number of sulfonamides is 1. The van der Waals surface area contributed by atoms with E-state index in [0.717, 1.165) is 16.1 Å². The van der Waals surface area contributed by atoms with Crippen LogP contribution in [0.25, 0.3) is 55.7 Å². The van der Waals surface area contributed by atoms with Crippen LogP contribution in [0.15, 0.2) is 71.1 Å². The lowest BCUT2D eigenvalue weighted by molar-refractivity contribution is 0.0964. The van der Waals surface area contributed by atoms with Crippen LogP contribution in [-0.4, -0.2) is 55.0 Å². The van der Waals surface area contributed by atoms with Gasteiger partial charge in [-0.25, -0.2) is 12.8 Å². The average Bonchev–Trinajstić information content (AvgIpc) is 3.58. The number of nitrogens with zero attached hydrogens (tertiary/aromatic N) is 3. The molecule has 0 saturated heterocycles. The van der Waals surface area contributed by atoms with Crippen molar-refractivity contribution in [3.05, 3.63) is 83.7 Å². The fourth-order valence-electron chi connectivity index (χ4n) is 5.01. The van der Waals surface area contributed by atoms with E-state index in [0.29, 0.717) is 38.9 Å². The number of hydrogen-bond donors (Lipinski definition) is 3. The Morgan fingerprint density at radius 1 is 1.02 bits per heavy atom. The lowest BCUT2D eigenvalue weighted by atomic mass is 10.00. The molecule has 43 heavy (non-hydrogen) atoms. The van der Waals surface area contributed by atoms with Gasteiger partial charge in [-0.2, -0.15) is 0 Å². The Hall–Kier alpha value is -5.23. The number of furan rings is 1. The smallest absolute Gasteiger partial charge is 0.255 e. The van der Waals surface area contributed by atoms with Crippen molar-refractivity contribution in [1.82, 2.24) is 20.5 Å². The summed E-state index contributed by atoms with van der Waals surface area (Å²) in [4.78, 5) is 16.3. The van der Waals surface area contributed by atoms with Crippen molar-refractivity contribution in [2.45, 2.75) is 6.92 Å². The molecule has 6 aromatic rings. The Labute approximate surface area is 245 Å². The first-order valence-corrected chi connectivity index (χ1v) is 15.0. The lowest BCUT2D eigenvalue weighted by Gasteiger charge is -2.20. The SMILES string of the molecule is CNC(=O)c1c(-c2ccc(C)cc2)oc2cc(N(C)S(C)(=O)=O)c(-c3cc(-c4cc5c(F)cccc5[nH]4)c(O)nn3)cc12. The number of carbonyl (C=O) groups is 1. The van der Waals surface area contributed by atoms with Gasteiger partial charge in [0.1, 0.15) is 17.2 Å². The summed E-state index contributed by atoms with van der Waals surface area (Å²) in [5, 5.41) is 22.1. The average molecular weight is 600 g/mol. The first kappa shape index (κ1) is 27.9. The molecule has 0 radical (unpaired) electrons. The highest BCUT2D eigenvalue weighted by Gasteiger charge is 2.27. The van der Waals surface area contributed by atoms with Crippen LogP contribution in [0.5, 0.6) is 5.88 Å². The van der Waals surface area contributed by atoms with Gasteiger partial charge in [-0.3, -0.25) is 9.10 Å². The topological polar surface area (TPSA) is 141 Å². The zero-order chi connectivity index (χ0) is 30.6. The maximum atomic E-state index is 14.4. The molecule has 12 heteroatoms. The summed E-state index contributed by atoms with van der Waals surface area (Å²) in [6.45, 7) is 1.95. The van der Waals surface area contributed by atoms with E-state index < -0.39 is 27.6 Å². The third-order valence-electron chi connectivity index (χ3n) is 7.36. The second-order valence-electron chi connectivity index (χ2n) is 10.2. The fraction of sp³-hybridized carbons (Fsp3) is 0.129. The number of rotatable bonds is 6. The second-order valence-corrected chi connectivity index (χ2v) is 12.2. The van der Waals surface area contributed by atoms with E-state index in [2.05, 4.69) is 20.5 Å². The number of nitrogens with one attached hydrogen (secondary N) is 2. The molecule has 3 aromatic carbocycles. The standard InChI is InChI=1S/C31H26FN5O5S/c1-16-8-10-17(11-9-16)29-28(31(39)33-2)21-12-19(26(15-27(21)42-29)37(3)43(4,40)41)25-14-20(30(38)36-35-25)24-13-18-22(32)6-5-7-23(18)34-24/h5-15,34H,1-4H3,(H,33,39)(H,36,38). The minimum absolute atomic E-state index is 0.195. The molecule has 1 amide bonds. The summed E-state index contributed by atoms with van der Waals surface area (Å²) in [5.41, 5.74) is 4.04. The second kappa shape index (κ2) is 10.2. The van der Waals surface area contributed by atoms with Crippen molar-refractivity contribution in [2.24, 2.45) is 0 Å². The Morgan fingerprint density at radius 3 is 2.44 bits per heavy atom. The van der Waals surface area contributed by atoms with Crippen molar-refractivity contribution in [3.63, 3.8) is 0 Å². The van der Waals surface area contributed by atoms with Gasteiger partial charge in [0.25, 0.3) is 5.91 Å². The van der Waals surface area contributed by atoms with Crippen LogP contribution >= 0.6 is 0 Å². The Morgan fingerprint density at radius 2 is 1.77 bits per heavy atom. The molecule has 0 spiro atoms. The van der Waals surface area contributed by atoms with Crippen molar-refractivity contribution in [3.8, 4) is 39.7 Å². The third-order valence-corrected chi connectivity index (χ3v) is 8.55. The van der Waals surface area contributed by atoms with Gasteiger partial charge in [-0.1, -0.05) is 35.9 Å². The summed E-state index contributed by atoms with van der Waals surface area (Å²) in [5.74, 6) is -0.930. The largest absolute Gasteiger partial charge is 0.492 e. The number of fused-ring (bicyclic) bond motifs is 2. The van der Waals surface area contributed by atoms with Gasteiger partial charge in [0.05, 0.1) is 34.5 Å². The zero-order valence-corrected chi connectivity index (χ0v) is 24.4. The van der Waals surface area contributed by atoms with E-state index in [9.17, 15) is 22.7 Å². The van der Waals surface area contributed by atoms with Gasteiger partial charge in [-0.05, 0) is 37.3 Å². The number of carbonyl (C=O) groups excluding carboxylic acids is 1. The summed E-state index contributed by atoms with van der Waals surface area (Å²) in [7, 11) is -0.867. The van der Waals surface area contributed by atoms with Crippen molar-refractivity contribution in [1.29, 1.82) is 0 Å². The number of H-pyrrole nitrogens is 1. The molecule has 0 fully saturated rings. The number of aromatic nitrogens is 3. The molecular weight excluding hydrogens is 573 g/mol. The number of halogens is 1. The molecule has 0 saturated carbocycles. The number of amides is 1. The van der Waals surface area contributed by atoms with E-state index in [1.807, 2.05) is 31.2 Å². The number of aromatic amines is 1. The monoisotopic (exact) mass is 599 g/mol. The van der Waals surface area contributed by atoms with Crippen molar-refractivity contribution < 1.29 is 27.1 Å². The predicted octanol–water partition coefficient (Wildman–Crippen LogP) is 5.61. The molecule has 0 aliphatic heterocycles. The molecule has 3 N–H and O–H groups in total. The summed E-state index contributed by atoms with van der Waals surface area (Å²) in [6, 6.07) is 18.3. The molecule has 0 aliphatic carbocycles. The number of aryl methyl sites for hydroxylation is 1. The fourth-order valence-corrected chi connectivity index (χ4v) is 5.52. The van der Waals surface area contributed by atoms with Crippen LogP contribution in [0, 0.1) is 12.7 Å². The maximum absolute atomic E-state index is 14.4. The third kappa shape index (κ3) is 4.85. The Bertz CT molecular complexity index is 2170. The van der Waals surface area contributed by atoms with Crippen LogP contribution < -0.4 is 9.62 Å².